The number of carbonyl (C=O) groups excluding carboxylic acids is 1. The van der Waals surface area contributed by atoms with E-state index in [9.17, 15) is 4.79 Å². The number of rotatable bonds is 7. The lowest BCUT2D eigenvalue weighted by atomic mass is 10.2. The maximum Gasteiger partial charge on any atom is 0.261 e. The lowest BCUT2D eigenvalue weighted by molar-refractivity contribution is -0.128. The molecule has 0 spiro atoms. The highest BCUT2D eigenvalue weighted by Crippen LogP contribution is 2.31. The lowest BCUT2D eigenvalue weighted by Gasteiger charge is -2.27. The van der Waals surface area contributed by atoms with Gasteiger partial charge in [-0.1, -0.05) is 31.2 Å². The minimum absolute atomic E-state index is 0.194. The predicted octanol–water partition coefficient (Wildman–Crippen LogP) is 2.81. The topological polar surface area (TPSA) is 66.0 Å². The molecule has 2 atom stereocenters. The molecule has 1 aliphatic rings. The Morgan fingerprint density at radius 1 is 1.15 bits per heavy atom. The molecule has 2 aromatic rings. The number of hydrogen-bond donors (Lipinski definition) is 1. The quantitative estimate of drug-likeness (QED) is 0.825. The zero-order valence-corrected chi connectivity index (χ0v) is 14.9. The zero-order chi connectivity index (χ0) is 18.4. The lowest BCUT2D eigenvalue weighted by Crippen LogP contribution is -2.45. The van der Waals surface area contributed by atoms with E-state index in [1.807, 2.05) is 43.3 Å². The first kappa shape index (κ1) is 17.9. The molecule has 0 aliphatic carbocycles. The van der Waals surface area contributed by atoms with Gasteiger partial charge >= 0.3 is 0 Å². The number of methoxy groups -OCH3 is 1. The van der Waals surface area contributed by atoms with Crippen LogP contribution < -0.4 is 24.3 Å². The predicted molar refractivity (Wildman–Crippen MR) is 97.1 cm³/mol. The number of hydrogen-bond acceptors (Lipinski definition) is 5. The first-order chi connectivity index (χ1) is 12.7. The number of nitrogens with one attached hydrogen (secondary N) is 1. The van der Waals surface area contributed by atoms with Crippen molar-refractivity contribution in [3.05, 3.63) is 48.5 Å². The molecule has 1 amide bonds. The van der Waals surface area contributed by atoms with Crippen LogP contribution in [0.15, 0.2) is 48.5 Å². The molecule has 6 nitrogen and oxygen atoms in total. The molecule has 1 aliphatic heterocycles. The zero-order valence-electron chi connectivity index (χ0n) is 14.9. The summed E-state index contributed by atoms with van der Waals surface area (Å²) in [5, 5.41) is 2.88. The average Bonchev–Trinajstić information content (AvgIpc) is 2.70. The first-order valence-corrected chi connectivity index (χ1v) is 8.67. The summed E-state index contributed by atoms with van der Waals surface area (Å²) in [7, 11) is 1.57. The number of ether oxygens (including phenoxy) is 4. The second-order valence-electron chi connectivity index (χ2n) is 5.91. The van der Waals surface area contributed by atoms with Gasteiger partial charge in [0.1, 0.15) is 12.7 Å². The Kier molecular flexibility index (Phi) is 5.84. The van der Waals surface area contributed by atoms with Gasteiger partial charge < -0.3 is 24.3 Å². The molecule has 1 heterocycles. The molecular weight excluding hydrogens is 334 g/mol. The third-order valence-corrected chi connectivity index (χ3v) is 4.07. The summed E-state index contributed by atoms with van der Waals surface area (Å²) in [6.07, 6.45) is -0.310. The molecule has 0 radical (unpaired) electrons. The summed E-state index contributed by atoms with van der Waals surface area (Å²) >= 11 is 0. The fourth-order valence-electron chi connectivity index (χ4n) is 2.68. The minimum atomic E-state index is -0.608. The number of para-hydroxylation sites is 4. The van der Waals surface area contributed by atoms with Crippen molar-refractivity contribution in [1.82, 2.24) is 5.32 Å². The van der Waals surface area contributed by atoms with Crippen molar-refractivity contribution in [3.63, 3.8) is 0 Å². The van der Waals surface area contributed by atoms with Crippen molar-refractivity contribution in [2.75, 3.05) is 20.3 Å². The molecule has 0 bridgehead atoms. The van der Waals surface area contributed by atoms with Gasteiger partial charge in [0.15, 0.2) is 29.1 Å². The van der Waals surface area contributed by atoms with Gasteiger partial charge in [0.25, 0.3) is 5.91 Å². The van der Waals surface area contributed by atoms with Gasteiger partial charge in [-0.15, -0.1) is 0 Å². The molecule has 3 rings (SSSR count). The molecule has 26 heavy (non-hydrogen) atoms. The Bertz CT molecular complexity index is 748. The SMILES string of the molecule is CC[C@H](Oc1ccccc1OC)C(=O)NC[C@@H]1COc2ccccc2O1. The van der Waals surface area contributed by atoms with Crippen LogP contribution in [0.1, 0.15) is 13.3 Å². The van der Waals surface area contributed by atoms with Crippen LogP contribution in [0.4, 0.5) is 0 Å². The molecule has 0 unspecified atom stereocenters. The van der Waals surface area contributed by atoms with Crippen LogP contribution >= 0.6 is 0 Å². The van der Waals surface area contributed by atoms with Gasteiger partial charge in [-0.05, 0) is 30.7 Å². The van der Waals surface area contributed by atoms with E-state index in [1.165, 1.54) is 0 Å². The van der Waals surface area contributed by atoms with Crippen molar-refractivity contribution in [1.29, 1.82) is 0 Å². The fourth-order valence-corrected chi connectivity index (χ4v) is 2.68. The minimum Gasteiger partial charge on any atom is -0.493 e. The summed E-state index contributed by atoms with van der Waals surface area (Å²) in [6.45, 7) is 2.64. The van der Waals surface area contributed by atoms with Gasteiger partial charge in [0.05, 0.1) is 13.7 Å². The standard InChI is InChI=1S/C20H23NO5/c1-3-15(26-18-10-6-4-8-16(18)23-2)20(22)21-12-14-13-24-17-9-5-7-11-19(17)25-14/h4-11,14-15H,3,12-13H2,1-2H3,(H,21,22)/t14-,15+/m1/s1. The Morgan fingerprint density at radius 2 is 1.85 bits per heavy atom. The molecule has 0 saturated heterocycles. The van der Waals surface area contributed by atoms with E-state index < -0.39 is 6.10 Å². The van der Waals surface area contributed by atoms with Crippen molar-refractivity contribution >= 4 is 5.91 Å². The van der Waals surface area contributed by atoms with Gasteiger partial charge in [0.2, 0.25) is 0 Å². The normalized spacial score (nSPS) is 16.5. The Morgan fingerprint density at radius 3 is 2.58 bits per heavy atom. The van der Waals surface area contributed by atoms with Gasteiger partial charge in [-0.2, -0.15) is 0 Å². The molecule has 0 saturated carbocycles. The summed E-state index contributed by atoms with van der Waals surface area (Å²) in [4.78, 5) is 12.5. The molecule has 0 aromatic heterocycles. The second kappa shape index (κ2) is 8.47. The highest BCUT2D eigenvalue weighted by Gasteiger charge is 2.24. The summed E-state index contributed by atoms with van der Waals surface area (Å²) in [6, 6.07) is 14.8. The average molecular weight is 357 g/mol. The number of fused-ring (bicyclic) bond motifs is 1. The Hall–Kier alpha value is -2.89. The van der Waals surface area contributed by atoms with E-state index in [-0.39, 0.29) is 12.0 Å². The summed E-state index contributed by atoms with van der Waals surface area (Å²) in [5.74, 6) is 2.36. The van der Waals surface area contributed by atoms with E-state index in [0.717, 1.165) is 5.75 Å². The van der Waals surface area contributed by atoms with Crippen LogP contribution in [0.25, 0.3) is 0 Å². The van der Waals surface area contributed by atoms with Crippen LogP contribution in [0.2, 0.25) is 0 Å². The van der Waals surface area contributed by atoms with Crippen LogP contribution in [0.3, 0.4) is 0 Å². The Balaban J connectivity index is 1.55. The molecule has 6 heteroatoms. The van der Waals surface area contributed by atoms with E-state index in [2.05, 4.69) is 5.32 Å². The van der Waals surface area contributed by atoms with Crippen LogP contribution in [0, 0.1) is 0 Å². The molecule has 2 aromatic carbocycles. The molecule has 138 valence electrons. The maximum absolute atomic E-state index is 12.5. The van der Waals surface area contributed by atoms with Crippen molar-refractivity contribution < 1.29 is 23.7 Å². The van der Waals surface area contributed by atoms with Gasteiger partial charge in [-0.3, -0.25) is 4.79 Å². The number of benzene rings is 2. The summed E-state index contributed by atoms with van der Waals surface area (Å²) < 4.78 is 22.6. The van der Waals surface area contributed by atoms with Crippen molar-refractivity contribution in [2.24, 2.45) is 0 Å². The van der Waals surface area contributed by atoms with E-state index in [1.54, 1.807) is 19.2 Å². The number of amides is 1. The first-order valence-electron chi connectivity index (χ1n) is 8.67. The molecule has 0 fully saturated rings. The van der Waals surface area contributed by atoms with Crippen molar-refractivity contribution in [2.45, 2.75) is 25.6 Å². The van der Waals surface area contributed by atoms with Crippen LogP contribution in [0.5, 0.6) is 23.0 Å². The van der Waals surface area contributed by atoms with Gasteiger partial charge in [0, 0.05) is 0 Å². The van der Waals surface area contributed by atoms with Crippen molar-refractivity contribution in [3.8, 4) is 23.0 Å². The Labute approximate surface area is 153 Å². The highest BCUT2D eigenvalue weighted by atomic mass is 16.6. The van der Waals surface area contributed by atoms with Crippen LogP contribution in [-0.4, -0.2) is 38.4 Å². The monoisotopic (exact) mass is 357 g/mol. The molecule has 1 N–H and O–H groups in total. The largest absolute Gasteiger partial charge is 0.493 e. The maximum atomic E-state index is 12.5. The van der Waals surface area contributed by atoms with E-state index in [4.69, 9.17) is 18.9 Å². The second-order valence-corrected chi connectivity index (χ2v) is 5.91. The van der Waals surface area contributed by atoms with Crippen LogP contribution in [-0.2, 0) is 4.79 Å². The highest BCUT2D eigenvalue weighted by molar-refractivity contribution is 5.81. The number of carbonyl (C=O) groups is 1. The van der Waals surface area contributed by atoms with E-state index >= 15 is 0 Å². The third-order valence-electron chi connectivity index (χ3n) is 4.07. The fraction of sp³-hybridized carbons (Fsp3) is 0.350. The van der Waals surface area contributed by atoms with E-state index in [0.29, 0.717) is 36.8 Å². The molecular formula is C20H23NO5. The third kappa shape index (κ3) is 4.20. The smallest absolute Gasteiger partial charge is 0.261 e. The summed E-state index contributed by atoms with van der Waals surface area (Å²) in [5.41, 5.74) is 0. The van der Waals surface area contributed by atoms with Gasteiger partial charge in [-0.25, -0.2) is 0 Å².